The molecule has 1 saturated carbocycles. The summed E-state index contributed by atoms with van der Waals surface area (Å²) in [4.78, 5) is 67.0. The number of hydrogen-bond donors (Lipinski definition) is 3. The van der Waals surface area contributed by atoms with Crippen molar-refractivity contribution in [3.05, 3.63) is 0 Å². The summed E-state index contributed by atoms with van der Waals surface area (Å²) >= 11 is 0. The Morgan fingerprint density at radius 1 is 0.900 bits per heavy atom. The molecule has 2 fully saturated rings. The number of carbonyl (C=O) groups is 5. The maximum Gasteiger partial charge on any atom is 0.408 e. The number of ketones is 1. The largest absolute Gasteiger partial charge is 0.444 e. The number of unbranched alkanes of at least 4 members (excludes halogenated alkanes) is 4. The molecule has 1 aliphatic carbocycles. The topological polar surface area (TPSA) is 134 Å². The van der Waals surface area contributed by atoms with Crippen molar-refractivity contribution in [1.29, 1.82) is 0 Å². The van der Waals surface area contributed by atoms with Gasteiger partial charge in [-0.05, 0) is 57.8 Å². The lowest BCUT2D eigenvalue weighted by molar-refractivity contribution is -0.144. The van der Waals surface area contributed by atoms with Crippen molar-refractivity contribution < 1.29 is 28.7 Å². The summed E-state index contributed by atoms with van der Waals surface area (Å²) in [6, 6.07) is -2.57. The molecule has 0 aromatic heterocycles. The normalized spacial score (nSPS) is 22.5. The van der Waals surface area contributed by atoms with Gasteiger partial charge in [-0.3, -0.25) is 19.2 Å². The number of hydrogen-bond acceptors (Lipinski definition) is 6. The average molecular weight is 565 g/mol. The summed E-state index contributed by atoms with van der Waals surface area (Å²) in [7, 11) is 0. The first-order chi connectivity index (χ1) is 18.7. The monoisotopic (exact) mass is 564 g/mol. The van der Waals surface area contributed by atoms with Gasteiger partial charge in [0.05, 0.1) is 6.04 Å². The minimum Gasteiger partial charge on any atom is -0.444 e. The molecule has 0 spiro atoms. The van der Waals surface area contributed by atoms with Crippen LogP contribution in [0.15, 0.2) is 0 Å². The van der Waals surface area contributed by atoms with E-state index in [1.807, 2.05) is 6.92 Å². The van der Waals surface area contributed by atoms with Gasteiger partial charge in [-0.1, -0.05) is 66.2 Å². The highest BCUT2D eigenvalue weighted by Crippen LogP contribution is 2.64. The maximum absolute atomic E-state index is 13.8. The van der Waals surface area contributed by atoms with Crippen molar-refractivity contribution in [2.24, 2.45) is 17.3 Å². The Kier molecular flexibility index (Phi) is 12.0. The molecule has 1 aliphatic heterocycles. The molecule has 1 heterocycles. The molecule has 5 atom stereocenters. The Labute approximate surface area is 240 Å². The van der Waals surface area contributed by atoms with E-state index in [4.69, 9.17) is 4.74 Å². The number of ether oxygens (including phenoxy) is 1. The summed E-state index contributed by atoms with van der Waals surface area (Å²) in [6.45, 7) is 15.9. The van der Waals surface area contributed by atoms with Crippen molar-refractivity contribution in [1.82, 2.24) is 20.9 Å². The molecule has 0 bridgehead atoms. The first-order valence-corrected chi connectivity index (χ1v) is 15.1. The van der Waals surface area contributed by atoms with Crippen molar-refractivity contribution in [3.63, 3.8) is 0 Å². The highest BCUT2D eigenvalue weighted by atomic mass is 16.6. The summed E-state index contributed by atoms with van der Waals surface area (Å²) in [6.07, 6.45) is 5.55. The Hall–Kier alpha value is -2.65. The molecule has 228 valence electrons. The second-order valence-electron chi connectivity index (χ2n) is 12.9. The lowest BCUT2D eigenvalue weighted by atomic mass is 9.97. The number of rotatable bonds is 15. The highest BCUT2D eigenvalue weighted by molar-refractivity contribution is 6.38. The molecule has 4 amide bonds. The SMILES string of the molecule is CCCCCCC[C@H](NC(=O)[C@@H]1[C@@H]2[C@H](CN1C(=O)[C@H](CCC)NC(=O)OC(C)(C)C)C2(C)C)C(=O)C(=O)NCC. The predicted octanol–water partition coefficient (Wildman–Crippen LogP) is 3.71. The Morgan fingerprint density at radius 2 is 1.55 bits per heavy atom. The number of carbonyl (C=O) groups excluding carboxylic acids is 5. The maximum atomic E-state index is 13.8. The highest BCUT2D eigenvalue weighted by Gasteiger charge is 2.69. The van der Waals surface area contributed by atoms with E-state index in [9.17, 15) is 24.0 Å². The Morgan fingerprint density at radius 3 is 2.12 bits per heavy atom. The Bertz CT molecular complexity index is 928. The number of fused-ring (bicyclic) bond motifs is 1. The Balaban J connectivity index is 2.23. The van der Waals surface area contributed by atoms with Crippen LogP contribution in [0, 0.1) is 17.3 Å². The van der Waals surface area contributed by atoms with Gasteiger partial charge < -0.3 is 25.6 Å². The van der Waals surface area contributed by atoms with Crippen LogP contribution in [-0.4, -0.2) is 71.3 Å². The van der Waals surface area contributed by atoms with Gasteiger partial charge in [-0.15, -0.1) is 0 Å². The van der Waals surface area contributed by atoms with Crippen LogP contribution < -0.4 is 16.0 Å². The van der Waals surface area contributed by atoms with E-state index >= 15 is 0 Å². The molecule has 10 nitrogen and oxygen atoms in total. The van der Waals surface area contributed by atoms with Gasteiger partial charge in [-0.2, -0.15) is 0 Å². The number of likely N-dealkylation sites (tertiary alicyclic amines) is 1. The predicted molar refractivity (Wildman–Crippen MR) is 153 cm³/mol. The molecular weight excluding hydrogens is 512 g/mol. The lowest BCUT2D eigenvalue weighted by Crippen LogP contribution is -2.58. The number of Topliss-reactive ketones (excluding diaryl/α,β-unsaturated/α-hetero) is 1. The fraction of sp³-hybridized carbons (Fsp3) is 0.833. The van der Waals surface area contributed by atoms with Crippen molar-refractivity contribution in [2.75, 3.05) is 13.1 Å². The van der Waals surface area contributed by atoms with Crippen LogP contribution in [0.5, 0.6) is 0 Å². The first kappa shape index (κ1) is 33.6. The minimum absolute atomic E-state index is 0.0648. The molecule has 3 N–H and O–H groups in total. The average Bonchev–Trinajstić information content (AvgIpc) is 3.18. The molecule has 2 rings (SSSR count). The van der Waals surface area contributed by atoms with Crippen molar-refractivity contribution in [2.45, 2.75) is 130 Å². The third kappa shape index (κ3) is 8.67. The first-order valence-electron chi connectivity index (χ1n) is 15.1. The van der Waals surface area contributed by atoms with Gasteiger partial charge in [0.1, 0.15) is 17.7 Å². The van der Waals surface area contributed by atoms with E-state index < -0.39 is 47.4 Å². The molecule has 1 saturated heterocycles. The number of alkyl carbamates (subject to hydrolysis) is 1. The van der Waals surface area contributed by atoms with Crippen LogP contribution in [0.25, 0.3) is 0 Å². The third-order valence-electron chi connectivity index (χ3n) is 8.12. The molecule has 0 aromatic rings. The van der Waals surface area contributed by atoms with Crippen LogP contribution in [0.2, 0.25) is 0 Å². The van der Waals surface area contributed by atoms with E-state index in [2.05, 4.69) is 36.7 Å². The molecule has 0 radical (unpaired) electrons. The van der Waals surface area contributed by atoms with Gasteiger partial charge in [0.15, 0.2) is 0 Å². The molecule has 2 aliphatic rings. The van der Waals surface area contributed by atoms with Gasteiger partial charge in [0, 0.05) is 13.1 Å². The van der Waals surface area contributed by atoms with Crippen molar-refractivity contribution in [3.8, 4) is 0 Å². The number of nitrogens with one attached hydrogen (secondary N) is 3. The van der Waals surface area contributed by atoms with E-state index in [0.717, 1.165) is 25.7 Å². The zero-order valence-electron chi connectivity index (χ0n) is 25.9. The standard InChI is InChI=1S/C30H52N4O6/c1-9-12-13-14-15-17-20(24(35)26(37)31-11-3)32-25(36)23-22-19(30(22,7)8)18-34(23)27(38)21(16-10-2)33-28(39)40-29(4,5)6/h19-23H,9-18H2,1-8H3,(H,31,37)(H,32,36)(H,33,39)/t19-,20-,21-,22-,23-/m0/s1. The van der Waals surface area contributed by atoms with Gasteiger partial charge in [0.2, 0.25) is 17.6 Å². The zero-order valence-corrected chi connectivity index (χ0v) is 25.9. The van der Waals surface area contributed by atoms with Gasteiger partial charge in [0.25, 0.3) is 5.91 Å². The zero-order chi connectivity index (χ0) is 30.3. The minimum atomic E-state index is -0.954. The number of likely N-dealkylation sites (N-methyl/N-ethyl adjacent to an activating group) is 1. The molecule has 10 heteroatoms. The van der Waals surface area contributed by atoms with Crippen LogP contribution in [0.1, 0.15) is 107 Å². The summed E-state index contributed by atoms with van der Waals surface area (Å²) in [5.41, 5.74) is -0.843. The number of nitrogens with zero attached hydrogens (tertiary/aromatic N) is 1. The summed E-state index contributed by atoms with van der Waals surface area (Å²) in [5, 5.41) is 8.10. The van der Waals surface area contributed by atoms with Crippen molar-refractivity contribution >= 4 is 29.6 Å². The second-order valence-corrected chi connectivity index (χ2v) is 12.9. The second kappa shape index (κ2) is 14.3. The van der Waals surface area contributed by atoms with E-state index in [1.54, 1.807) is 32.6 Å². The number of amides is 4. The van der Waals surface area contributed by atoms with Crippen LogP contribution in [0.4, 0.5) is 4.79 Å². The lowest BCUT2D eigenvalue weighted by Gasteiger charge is -2.34. The van der Waals surface area contributed by atoms with E-state index in [1.165, 1.54) is 0 Å². The fourth-order valence-electron chi connectivity index (χ4n) is 5.89. The quantitative estimate of drug-likeness (QED) is 0.205. The van der Waals surface area contributed by atoms with Crippen LogP contribution in [-0.2, 0) is 23.9 Å². The van der Waals surface area contributed by atoms with Crippen LogP contribution in [0.3, 0.4) is 0 Å². The molecule has 0 aromatic carbocycles. The molecule has 0 unspecified atom stereocenters. The smallest absolute Gasteiger partial charge is 0.408 e. The summed E-state index contributed by atoms with van der Waals surface area (Å²) in [5.74, 6) is -2.05. The molecule has 40 heavy (non-hydrogen) atoms. The van der Waals surface area contributed by atoms with Gasteiger partial charge in [-0.25, -0.2) is 4.79 Å². The number of piperidine rings is 1. The third-order valence-corrected chi connectivity index (χ3v) is 8.12. The van der Waals surface area contributed by atoms with E-state index in [-0.39, 0.29) is 23.2 Å². The van der Waals surface area contributed by atoms with Crippen LogP contribution >= 0.6 is 0 Å². The fourth-order valence-corrected chi connectivity index (χ4v) is 5.89. The van der Waals surface area contributed by atoms with Gasteiger partial charge >= 0.3 is 6.09 Å². The summed E-state index contributed by atoms with van der Waals surface area (Å²) < 4.78 is 5.37. The van der Waals surface area contributed by atoms with E-state index in [0.29, 0.717) is 38.8 Å². The molecular formula is C30H52N4O6.